The van der Waals surface area contributed by atoms with Gasteiger partial charge < -0.3 is 4.12 Å². The van der Waals surface area contributed by atoms with Crippen LogP contribution in [-0.4, -0.2) is 37.4 Å². The molecule has 1 nitrogen and oxygen atoms in total. The topological polar surface area (TPSA) is 9.23 Å². The van der Waals surface area contributed by atoms with Crippen LogP contribution < -0.4 is 0 Å². The van der Waals surface area contributed by atoms with E-state index in [1.165, 1.54) is 0 Å². The summed E-state index contributed by atoms with van der Waals surface area (Å²) in [6.45, 7) is 0. The van der Waals surface area contributed by atoms with Gasteiger partial charge in [0.2, 0.25) is 10.5 Å². The summed E-state index contributed by atoms with van der Waals surface area (Å²) in [5.41, 5.74) is 0.508. The van der Waals surface area contributed by atoms with Crippen molar-refractivity contribution in [3.05, 3.63) is 12.2 Å². The van der Waals surface area contributed by atoms with Gasteiger partial charge >= 0.3 is 0 Å². The fraction of sp³-hybridized carbons (Fsp3) is 0.333. The van der Waals surface area contributed by atoms with Gasteiger partial charge in [0.15, 0.2) is 0 Å². The largest absolute Gasteiger partial charge is 0.462 e. The van der Waals surface area contributed by atoms with Gasteiger partial charge in [0.1, 0.15) is 7.35 Å². The van der Waals surface area contributed by atoms with E-state index in [0.717, 1.165) is 0 Å². The second-order valence-corrected chi connectivity index (χ2v) is 10.7. The van der Waals surface area contributed by atoms with Crippen LogP contribution in [0.15, 0.2) is 12.2 Å². The highest BCUT2D eigenvalue weighted by Gasteiger charge is 2.33. The molecule has 5 heteroatoms. The lowest BCUT2D eigenvalue weighted by molar-refractivity contribution is 0.643. The van der Waals surface area contributed by atoms with Crippen LogP contribution in [0, 0.1) is 0 Å². The maximum absolute atomic E-state index is 4.97. The van der Waals surface area contributed by atoms with E-state index >= 15 is 0 Å². The van der Waals surface area contributed by atoms with Crippen LogP contribution in [0.4, 0.5) is 0 Å². The molecule has 0 spiro atoms. The zero-order valence-electron chi connectivity index (χ0n) is 4.14. The highest BCUT2D eigenvalue weighted by atomic mass is 29.6. The molecule has 0 fully saturated rings. The molecule has 1 aliphatic rings. The number of allylic oxidation sites excluding steroid dienone is 2. The van der Waals surface area contributed by atoms with E-state index in [4.69, 9.17) is 4.12 Å². The minimum Gasteiger partial charge on any atom is -0.462 e. The lowest BCUT2D eigenvalue weighted by Crippen LogP contribution is -2.41. The smallest absolute Gasteiger partial charge is 0.229 e. The minimum atomic E-state index is -1.73. The summed E-state index contributed by atoms with van der Waals surface area (Å²) < 4.78 is 4.97. The quantitative estimate of drug-likeness (QED) is 0.390. The van der Waals surface area contributed by atoms with Crippen LogP contribution >= 0.6 is 0 Å². The summed E-state index contributed by atoms with van der Waals surface area (Å²) in [7, 11) is 8.20. The van der Waals surface area contributed by atoms with Crippen molar-refractivity contribution in [2.75, 3.05) is 0 Å². The molecule has 0 bridgehead atoms. The van der Waals surface area contributed by atoms with Crippen molar-refractivity contribution >= 4 is 37.4 Å². The summed E-state index contributed by atoms with van der Waals surface area (Å²) in [5, 5.41) is 0. The molecule has 9 radical (unpaired) electrons. The normalized spacial score (nSPS) is 19.4. The Hall–Kier alpha value is 0.568. The SMILES string of the molecule is [Si]O[Si]([Si])([Si])C1C=C1. The zero-order chi connectivity index (χ0) is 6.20. The Morgan fingerprint density at radius 1 is 1.38 bits per heavy atom. The van der Waals surface area contributed by atoms with Crippen molar-refractivity contribution in [1.29, 1.82) is 0 Å². The first-order valence-electron chi connectivity index (χ1n) is 2.20. The Balaban J connectivity index is 2.39. The van der Waals surface area contributed by atoms with Gasteiger partial charge in [-0.15, -0.1) is 0 Å². The molecular formula is C3H3OSi4. The fourth-order valence-electron chi connectivity index (χ4n) is 0.395. The van der Waals surface area contributed by atoms with Gasteiger partial charge in [0.25, 0.3) is 0 Å². The van der Waals surface area contributed by atoms with Crippen LogP contribution in [0.3, 0.4) is 0 Å². The standard InChI is InChI=1S/C3H3OSi4/c5-4-8(6,7)3-1-2-3/h1-3H. The fourth-order valence-corrected chi connectivity index (χ4v) is 2.75. The molecule has 1 rings (SSSR count). The minimum absolute atomic E-state index is 0.508. The van der Waals surface area contributed by atoms with Crippen molar-refractivity contribution in [3.63, 3.8) is 0 Å². The van der Waals surface area contributed by atoms with Crippen molar-refractivity contribution in [3.8, 4) is 0 Å². The molecule has 0 aromatic heterocycles. The van der Waals surface area contributed by atoms with Crippen LogP contribution in [0.5, 0.6) is 0 Å². The third-order valence-electron chi connectivity index (χ3n) is 1.02. The molecule has 1 aliphatic carbocycles. The monoisotopic (exact) mass is 167 g/mol. The maximum atomic E-state index is 4.97. The Bertz CT molecular complexity index is 114. The van der Waals surface area contributed by atoms with Gasteiger partial charge in [0, 0.05) is 25.1 Å². The predicted molar refractivity (Wildman–Crippen MR) is 37.0 cm³/mol. The lowest BCUT2D eigenvalue weighted by atomic mass is 10.9. The van der Waals surface area contributed by atoms with Gasteiger partial charge in [-0.3, -0.25) is 0 Å². The molecule has 0 saturated carbocycles. The lowest BCUT2D eigenvalue weighted by Gasteiger charge is -2.19. The second kappa shape index (κ2) is 2.07. The van der Waals surface area contributed by atoms with E-state index in [1.54, 1.807) is 0 Å². The van der Waals surface area contributed by atoms with Gasteiger partial charge in [-0.2, -0.15) is 0 Å². The predicted octanol–water partition coefficient (Wildman–Crippen LogP) is -0.698. The van der Waals surface area contributed by atoms with Gasteiger partial charge in [0.05, 0.1) is 0 Å². The molecule has 37 valence electrons. The highest BCUT2D eigenvalue weighted by Crippen LogP contribution is 2.30. The summed E-state index contributed by atoms with van der Waals surface area (Å²) in [4.78, 5) is 0. The van der Waals surface area contributed by atoms with E-state index < -0.39 is 7.35 Å². The summed E-state index contributed by atoms with van der Waals surface area (Å²) in [6, 6.07) is 0. The van der Waals surface area contributed by atoms with Crippen molar-refractivity contribution in [2.45, 2.75) is 5.54 Å². The molecule has 0 aromatic rings. The third-order valence-corrected chi connectivity index (χ3v) is 7.46. The van der Waals surface area contributed by atoms with E-state index in [1.807, 2.05) is 0 Å². The van der Waals surface area contributed by atoms with Crippen molar-refractivity contribution in [1.82, 2.24) is 0 Å². The highest BCUT2D eigenvalue weighted by molar-refractivity contribution is 7.40. The van der Waals surface area contributed by atoms with Gasteiger partial charge in [-0.1, -0.05) is 12.2 Å². The molecule has 0 aromatic carbocycles. The molecule has 0 unspecified atom stereocenters. The van der Waals surface area contributed by atoms with Crippen LogP contribution in [-0.2, 0) is 4.12 Å². The molecule has 0 aliphatic heterocycles. The molecule has 0 amide bonds. The Kier molecular flexibility index (Phi) is 1.73. The zero-order valence-corrected chi connectivity index (χ0v) is 8.14. The van der Waals surface area contributed by atoms with Gasteiger partial charge in [-0.25, -0.2) is 0 Å². The summed E-state index contributed by atoms with van der Waals surface area (Å²) in [5.74, 6) is 0. The second-order valence-electron chi connectivity index (χ2n) is 1.75. The number of hydrogen-bond acceptors (Lipinski definition) is 1. The Morgan fingerprint density at radius 2 is 1.88 bits per heavy atom. The first-order valence-corrected chi connectivity index (χ1v) is 7.59. The van der Waals surface area contributed by atoms with E-state index in [0.29, 0.717) is 5.54 Å². The van der Waals surface area contributed by atoms with Gasteiger partial charge in [-0.05, 0) is 0 Å². The summed E-state index contributed by atoms with van der Waals surface area (Å²) >= 11 is 0. The maximum Gasteiger partial charge on any atom is 0.229 e. The van der Waals surface area contributed by atoms with Crippen molar-refractivity contribution < 1.29 is 4.12 Å². The third kappa shape index (κ3) is 1.29. The first-order chi connectivity index (χ1) is 3.67. The number of rotatable bonds is 2. The molecule has 0 N–H and O–H groups in total. The Morgan fingerprint density at radius 3 is 2.00 bits per heavy atom. The van der Waals surface area contributed by atoms with E-state index in [9.17, 15) is 0 Å². The first kappa shape index (κ1) is 6.68. The van der Waals surface area contributed by atoms with E-state index in [2.05, 4.69) is 42.2 Å². The van der Waals surface area contributed by atoms with Crippen LogP contribution in [0.1, 0.15) is 0 Å². The average molecular weight is 167 g/mol. The molecule has 0 saturated heterocycles. The molecule has 0 heterocycles. The number of hydrogen-bond donors (Lipinski definition) is 0. The average Bonchev–Trinajstić information content (AvgIpc) is 2.44. The Labute approximate surface area is 59.6 Å². The van der Waals surface area contributed by atoms with E-state index in [-0.39, 0.29) is 0 Å². The van der Waals surface area contributed by atoms with Crippen LogP contribution in [0.2, 0.25) is 5.54 Å². The summed E-state index contributed by atoms with van der Waals surface area (Å²) in [6.07, 6.45) is 4.18. The molecule has 0 atom stereocenters. The molecule has 8 heavy (non-hydrogen) atoms. The molecular weight excluding hydrogens is 164 g/mol. The van der Waals surface area contributed by atoms with Crippen LogP contribution in [0.25, 0.3) is 0 Å². The van der Waals surface area contributed by atoms with Crippen molar-refractivity contribution in [2.24, 2.45) is 0 Å².